The van der Waals surface area contributed by atoms with E-state index < -0.39 is 5.60 Å². The minimum atomic E-state index is -0.839. The summed E-state index contributed by atoms with van der Waals surface area (Å²) in [6.07, 6.45) is 11.8. The highest BCUT2D eigenvalue weighted by Crippen LogP contribution is 2.78. The number of ether oxygens (including phenoxy) is 1. The molecule has 1 aromatic rings. The van der Waals surface area contributed by atoms with Crippen LogP contribution in [0.1, 0.15) is 70.8 Å². The van der Waals surface area contributed by atoms with Crippen molar-refractivity contribution in [3.8, 4) is 0 Å². The van der Waals surface area contributed by atoms with Crippen molar-refractivity contribution in [3.05, 3.63) is 24.2 Å². The van der Waals surface area contributed by atoms with Crippen LogP contribution in [-0.4, -0.2) is 28.0 Å². The molecule has 4 heteroatoms. The van der Waals surface area contributed by atoms with Crippen LogP contribution in [0.3, 0.4) is 0 Å². The smallest absolute Gasteiger partial charge is 0.106 e. The first-order chi connectivity index (χ1) is 12.9. The lowest BCUT2D eigenvalue weighted by Crippen LogP contribution is -2.61. The maximum atomic E-state index is 11.9. The fourth-order valence-corrected chi connectivity index (χ4v) is 8.63. The molecule has 1 spiro atoms. The first-order valence-electron chi connectivity index (χ1n) is 11.0. The van der Waals surface area contributed by atoms with Crippen LogP contribution in [0, 0.1) is 28.6 Å². The highest BCUT2D eigenvalue weighted by molar-refractivity contribution is 5.37. The van der Waals surface area contributed by atoms with Crippen LogP contribution in [0.2, 0.25) is 0 Å². The van der Waals surface area contributed by atoms with E-state index in [1.807, 2.05) is 6.07 Å². The summed E-state index contributed by atoms with van der Waals surface area (Å²) in [5, 5.41) is 22.1. The van der Waals surface area contributed by atoms with E-state index >= 15 is 0 Å². The van der Waals surface area contributed by atoms with Crippen molar-refractivity contribution >= 4 is 0 Å². The van der Waals surface area contributed by atoms with Crippen LogP contribution >= 0.6 is 0 Å². The summed E-state index contributed by atoms with van der Waals surface area (Å²) in [7, 11) is 0. The number of aliphatic hydroxyl groups is 2. The van der Waals surface area contributed by atoms with Crippen molar-refractivity contribution in [2.75, 3.05) is 0 Å². The summed E-state index contributed by atoms with van der Waals surface area (Å²) >= 11 is 0. The third kappa shape index (κ3) is 1.78. The van der Waals surface area contributed by atoms with Gasteiger partial charge in [-0.15, -0.1) is 0 Å². The quantitative estimate of drug-likeness (QED) is 0.731. The minimum absolute atomic E-state index is 0.103. The lowest BCUT2D eigenvalue weighted by molar-refractivity contribution is -0.193. The Morgan fingerprint density at radius 2 is 1.93 bits per heavy atom. The molecule has 0 amide bonds. The Kier molecular flexibility index (Phi) is 3.16. The van der Waals surface area contributed by atoms with Crippen LogP contribution in [0.4, 0.5) is 0 Å². The van der Waals surface area contributed by atoms with Crippen LogP contribution in [0.15, 0.2) is 23.0 Å². The molecule has 5 fully saturated rings. The molecule has 4 saturated carbocycles. The summed E-state index contributed by atoms with van der Waals surface area (Å²) in [6, 6.07) is 1.94. The number of furan rings is 1. The fraction of sp³-hybridized carbons (Fsp3) is 0.826. The lowest BCUT2D eigenvalue weighted by atomic mass is 9.43. The Hall–Kier alpha value is -0.840. The second-order valence-electron chi connectivity index (χ2n) is 10.8. The third-order valence-corrected chi connectivity index (χ3v) is 10.2. The molecule has 2 N–H and O–H groups in total. The van der Waals surface area contributed by atoms with E-state index in [-0.39, 0.29) is 23.2 Å². The average molecular weight is 373 g/mol. The van der Waals surface area contributed by atoms with E-state index in [0.717, 1.165) is 31.2 Å². The van der Waals surface area contributed by atoms with Crippen LogP contribution in [0.5, 0.6) is 0 Å². The van der Waals surface area contributed by atoms with Gasteiger partial charge in [0.25, 0.3) is 0 Å². The first kappa shape index (κ1) is 17.1. The Labute approximate surface area is 161 Å². The van der Waals surface area contributed by atoms with Crippen molar-refractivity contribution in [2.24, 2.45) is 28.6 Å². The Morgan fingerprint density at radius 1 is 1.07 bits per heavy atom. The van der Waals surface area contributed by atoms with Gasteiger partial charge in [-0.2, -0.15) is 0 Å². The molecule has 148 valence electrons. The number of epoxide rings is 1. The van der Waals surface area contributed by atoms with Gasteiger partial charge in [0.1, 0.15) is 11.2 Å². The Bertz CT molecular complexity index is 760. The predicted molar refractivity (Wildman–Crippen MR) is 99.8 cm³/mol. The molecule has 9 atom stereocenters. The largest absolute Gasteiger partial charge is 0.472 e. The molecule has 0 aromatic carbocycles. The zero-order valence-electron chi connectivity index (χ0n) is 16.5. The molecular weight excluding hydrogens is 340 g/mol. The Balaban J connectivity index is 1.40. The second kappa shape index (κ2) is 5.01. The van der Waals surface area contributed by atoms with Crippen LogP contribution in [-0.2, 0) is 10.3 Å². The number of rotatable bonds is 1. The SMILES string of the molecule is C[C@]12CCC3C(CC[C@@H]4C[C@@H](O)CC[C@]34C)C13O[C@@H]3C[C@]2(O)c1ccoc1. The van der Waals surface area contributed by atoms with E-state index in [1.54, 1.807) is 12.5 Å². The number of hydrogen-bond donors (Lipinski definition) is 2. The van der Waals surface area contributed by atoms with Gasteiger partial charge in [0, 0.05) is 17.4 Å². The molecule has 1 aromatic heterocycles. The van der Waals surface area contributed by atoms with Gasteiger partial charge in [0.15, 0.2) is 0 Å². The standard InChI is InChI=1S/C23H32O4/c1-20-8-5-16(24)11-14(20)3-4-18-17(20)6-9-21(2)22(25,15-7-10-26-13-15)12-19-23(18,21)27-19/h7,10,13-14,16-19,24-25H,3-6,8-9,11-12H2,1-2H3/t14-,16+,17?,18?,19-,20+,21-,22+,23?/m1/s1. The summed E-state index contributed by atoms with van der Waals surface area (Å²) < 4.78 is 11.9. The zero-order valence-corrected chi connectivity index (χ0v) is 16.5. The molecular formula is C23H32O4. The van der Waals surface area contributed by atoms with Crippen molar-refractivity contribution in [3.63, 3.8) is 0 Å². The summed E-state index contributed by atoms with van der Waals surface area (Å²) in [5.41, 5.74) is 0.0118. The third-order valence-electron chi connectivity index (χ3n) is 10.2. The van der Waals surface area contributed by atoms with Gasteiger partial charge in [0.2, 0.25) is 0 Å². The number of fused-ring (bicyclic) bond motifs is 3. The predicted octanol–water partition coefficient (Wildman–Crippen LogP) is 4.00. The summed E-state index contributed by atoms with van der Waals surface area (Å²) in [6.45, 7) is 4.77. The molecule has 3 unspecified atom stereocenters. The van der Waals surface area contributed by atoms with E-state index in [9.17, 15) is 10.2 Å². The molecule has 6 rings (SSSR count). The molecule has 4 nitrogen and oxygen atoms in total. The lowest BCUT2D eigenvalue weighted by Gasteiger charge is -2.61. The molecule has 4 aliphatic carbocycles. The van der Waals surface area contributed by atoms with Gasteiger partial charge < -0.3 is 19.4 Å². The normalized spacial score (nSPS) is 58.7. The van der Waals surface area contributed by atoms with Crippen molar-refractivity contribution in [2.45, 2.75) is 88.6 Å². The second-order valence-corrected chi connectivity index (χ2v) is 10.8. The van der Waals surface area contributed by atoms with Gasteiger partial charge in [-0.3, -0.25) is 0 Å². The zero-order chi connectivity index (χ0) is 18.7. The maximum Gasteiger partial charge on any atom is 0.106 e. The molecule has 5 aliphatic rings. The number of hydrogen-bond acceptors (Lipinski definition) is 4. The minimum Gasteiger partial charge on any atom is -0.472 e. The van der Waals surface area contributed by atoms with Crippen LogP contribution in [0.25, 0.3) is 0 Å². The molecule has 2 heterocycles. The maximum absolute atomic E-state index is 11.9. The Morgan fingerprint density at radius 3 is 2.70 bits per heavy atom. The van der Waals surface area contributed by atoms with Crippen molar-refractivity contribution < 1.29 is 19.4 Å². The molecule has 0 radical (unpaired) electrons. The summed E-state index contributed by atoms with van der Waals surface area (Å²) in [4.78, 5) is 0. The molecule has 0 bridgehead atoms. The van der Waals surface area contributed by atoms with Crippen molar-refractivity contribution in [1.29, 1.82) is 0 Å². The van der Waals surface area contributed by atoms with E-state index in [2.05, 4.69) is 13.8 Å². The van der Waals surface area contributed by atoms with E-state index in [0.29, 0.717) is 29.6 Å². The molecule has 1 aliphatic heterocycles. The molecule has 27 heavy (non-hydrogen) atoms. The van der Waals surface area contributed by atoms with Gasteiger partial charge >= 0.3 is 0 Å². The first-order valence-corrected chi connectivity index (χ1v) is 11.0. The highest BCUT2D eigenvalue weighted by atomic mass is 16.6. The topological polar surface area (TPSA) is 66.1 Å². The molecule has 1 saturated heterocycles. The fourth-order valence-electron chi connectivity index (χ4n) is 8.63. The van der Waals surface area contributed by atoms with Gasteiger partial charge in [-0.05, 0) is 74.2 Å². The average Bonchev–Trinajstić information content (AvgIpc) is 3.03. The summed E-state index contributed by atoms with van der Waals surface area (Å²) in [5.74, 6) is 1.85. The van der Waals surface area contributed by atoms with Crippen molar-refractivity contribution in [1.82, 2.24) is 0 Å². The monoisotopic (exact) mass is 372 g/mol. The van der Waals surface area contributed by atoms with Gasteiger partial charge in [-0.1, -0.05) is 13.8 Å². The van der Waals surface area contributed by atoms with E-state index in [1.165, 1.54) is 19.3 Å². The highest BCUT2D eigenvalue weighted by Gasteiger charge is 2.84. The van der Waals surface area contributed by atoms with Gasteiger partial charge in [-0.25, -0.2) is 0 Å². The number of aliphatic hydroxyl groups excluding tert-OH is 1. The van der Waals surface area contributed by atoms with Crippen LogP contribution < -0.4 is 0 Å². The van der Waals surface area contributed by atoms with Gasteiger partial charge in [0.05, 0.1) is 24.7 Å². The van der Waals surface area contributed by atoms with E-state index in [4.69, 9.17) is 9.15 Å².